The number of piperidine rings is 1. The van der Waals surface area contributed by atoms with Gasteiger partial charge in [0.2, 0.25) is 5.91 Å². The van der Waals surface area contributed by atoms with E-state index in [0.29, 0.717) is 29.8 Å². The lowest BCUT2D eigenvalue weighted by molar-refractivity contribution is -0.117. The number of halogens is 2. The second-order valence-corrected chi connectivity index (χ2v) is 7.25. The summed E-state index contributed by atoms with van der Waals surface area (Å²) in [4.78, 5) is 12.4. The van der Waals surface area contributed by atoms with E-state index < -0.39 is 0 Å². The molecular weight excluding hydrogens is 371 g/mol. The molecule has 2 heterocycles. The number of carbonyl (C=O) groups excluding carboxylic acids is 1. The highest BCUT2D eigenvalue weighted by Gasteiger charge is 2.22. The molecule has 0 spiro atoms. The molecule has 1 atom stereocenters. The van der Waals surface area contributed by atoms with E-state index >= 15 is 0 Å². The first-order chi connectivity index (χ1) is 12.1. The number of aromatic nitrogens is 2. The van der Waals surface area contributed by atoms with E-state index in [0.717, 1.165) is 37.3 Å². The maximum Gasteiger partial charge on any atom is 0.225 e. The molecule has 2 N–H and O–H groups in total. The first-order valence-electron chi connectivity index (χ1n) is 8.88. The van der Waals surface area contributed by atoms with Gasteiger partial charge in [0.25, 0.3) is 0 Å². The zero-order valence-electron chi connectivity index (χ0n) is 15.0. The van der Waals surface area contributed by atoms with Crippen molar-refractivity contribution < 1.29 is 4.79 Å². The number of amides is 1. The summed E-state index contributed by atoms with van der Waals surface area (Å²) in [6, 6.07) is 9.49. The number of anilines is 1. The van der Waals surface area contributed by atoms with Crippen LogP contribution in [0.25, 0.3) is 0 Å². The number of benzene rings is 1. The molecule has 1 aromatic heterocycles. The van der Waals surface area contributed by atoms with E-state index in [1.54, 1.807) is 10.9 Å². The molecule has 0 saturated carbocycles. The predicted molar refractivity (Wildman–Crippen MR) is 108 cm³/mol. The van der Waals surface area contributed by atoms with Crippen LogP contribution >= 0.6 is 24.0 Å². The number of hydrogen-bond acceptors (Lipinski definition) is 3. The van der Waals surface area contributed by atoms with Crippen LogP contribution in [0.4, 0.5) is 5.82 Å². The van der Waals surface area contributed by atoms with Crippen LogP contribution in [-0.2, 0) is 11.3 Å². The molecule has 2 aromatic rings. The van der Waals surface area contributed by atoms with Gasteiger partial charge in [0.15, 0.2) is 0 Å². The Morgan fingerprint density at radius 1 is 1.31 bits per heavy atom. The van der Waals surface area contributed by atoms with Gasteiger partial charge >= 0.3 is 0 Å². The Balaban J connectivity index is 0.00000243. The van der Waals surface area contributed by atoms with Crippen LogP contribution in [0.3, 0.4) is 0 Å². The number of carbonyl (C=O) groups is 1. The summed E-state index contributed by atoms with van der Waals surface area (Å²) in [6.07, 6.45) is 4.57. The third kappa shape index (κ3) is 5.73. The second-order valence-electron chi connectivity index (χ2n) is 6.82. The van der Waals surface area contributed by atoms with Crippen LogP contribution in [0, 0.1) is 11.8 Å². The minimum absolute atomic E-state index is 0. The normalized spacial score (nSPS) is 15.9. The van der Waals surface area contributed by atoms with Gasteiger partial charge in [-0.3, -0.25) is 4.79 Å². The zero-order chi connectivity index (χ0) is 17.6. The largest absolute Gasteiger partial charge is 0.317 e. The van der Waals surface area contributed by atoms with Crippen molar-refractivity contribution in [1.29, 1.82) is 0 Å². The van der Waals surface area contributed by atoms with Crippen molar-refractivity contribution in [2.75, 3.05) is 18.4 Å². The van der Waals surface area contributed by atoms with Gasteiger partial charge in [0, 0.05) is 17.5 Å². The van der Waals surface area contributed by atoms with Crippen molar-refractivity contribution >= 4 is 35.7 Å². The van der Waals surface area contributed by atoms with Gasteiger partial charge in [-0.25, -0.2) is 4.68 Å². The average molecular weight is 397 g/mol. The molecule has 1 aliphatic rings. The van der Waals surface area contributed by atoms with E-state index in [4.69, 9.17) is 11.6 Å². The molecule has 0 aliphatic carbocycles. The number of nitrogens with zero attached hydrogens (tertiary/aromatic N) is 2. The number of nitrogens with one attached hydrogen (secondary N) is 2. The van der Waals surface area contributed by atoms with E-state index in [-0.39, 0.29) is 18.3 Å². The molecule has 142 valence electrons. The smallest absolute Gasteiger partial charge is 0.225 e. The Bertz CT molecular complexity index is 696. The van der Waals surface area contributed by atoms with Gasteiger partial charge in [-0.05, 0) is 55.5 Å². The van der Waals surface area contributed by atoms with Gasteiger partial charge in [-0.1, -0.05) is 30.7 Å². The highest BCUT2D eigenvalue weighted by atomic mass is 35.5. The molecule has 7 heteroatoms. The molecule has 1 aromatic carbocycles. The summed E-state index contributed by atoms with van der Waals surface area (Å²) in [5.41, 5.74) is 1.09. The fourth-order valence-corrected chi connectivity index (χ4v) is 3.52. The number of hydrogen-bond donors (Lipinski definition) is 2. The molecule has 1 amide bonds. The standard InChI is InChI=1S/C19H25ClN4O.ClH/c1-14(16-6-9-21-10-7-16)12-19(25)23-18-8-11-22-24(18)13-15-2-4-17(20)5-3-15;/h2-5,8,11,14,16,21H,6-7,9-10,12-13H2,1H3,(H,23,25);1H. The predicted octanol–water partition coefficient (Wildman–Crippen LogP) is 3.97. The lowest BCUT2D eigenvalue weighted by Crippen LogP contribution is -2.32. The van der Waals surface area contributed by atoms with Crippen molar-refractivity contribution in [2.45, 2.75) is 32.7 Å². The van der Waals surface area contributed by atoms with E-state index in [2.05, 4.69) is 22.7 Å². The Hall–Kier alpha value is -1.56. The minimum atomic E-state index is 0. The highest BCUT2D eigenvalue weighted by Crippen LogP contribution is 2.24. The van der Waals surface area contributed by atoms with E-state index in [1.165, 1.54) is 0 Å². The van der Waals surface area contributed by atoms with Crippen molar-refractivity contribution in [3.63, 3.8) is 0 Å². The zero-order valence-corrected chi connectivity index (χ0v) is 16.5. The van der Waals surface area contributed by atoms with Gasteiger partial charge in [-0.15, -0.1) is 12.4 Å². The summed E-state index contributed by atoms with van der Waals surface area (Å²) in [6.45, 7) is 4.90. The van der Waals surface area contributed by atoms with Crippen LogP contribution in [0.1, 0.15) is 31.7 Å². The molecule has 0 bridgehead atoms. The summed E-state index contributed by atoms with van der Waals surface area (Å²) in [5.74, 6) is 1.82. The molecule has 1 fully saturated rings. The Labute approximate surface area is 165 Å². The topological polar surface area (TPSA) is 59.0 Å². The lowest BCUT2D eigenvalue weighted by Gasteiger charge is -2.27. The third-order valence-corrected chi connectivity index (χ3v) is 5.18. The lowest BCUT2D eigenvalue weighted by atomic mass is 9.84. The fraction of sp³-hybridized carbons (Fsp3) is 0.474. The average Bonchev–Trinajstić information content (AvgIpc) is 3.04. The molecule has 1 aliphatic heterocycles. The molecule has 1 unspecified atom stereocenters. The minimum Gasteiger partial charge on any atom is -0.317 e. The Morgan fingerprint density at radius 3 is 2.69 bits per heavy atom. The SMILES string of the molecule is CC(CC(=O)Nc1ccnn1Cc1ccc(Cl)cc1)C1CCNCC1.Cl. The van der Waals surface area contributed by atoms with Gasteiger partial charge in [0.05, 0.1) is 12.7 Å². The summed E-state index contributed by atoms with van der Waals surface area (Å²) in [5, 5.41) is 11.4. The van der Waals surface area contributed by atoms with Crippen LogP contribution in [0.2, 0.25) is 5.02 Å². The first-order valence-corrected chi connectivity index (χ1v) is 9.26. The summed E-state index contributed by atoms with van der Waals surface area (Å²) < 4.78 is 1.80. The van der Waals surface area contributed by atoms with Crippen LogP contribution in [-0.4, -0.2) is 28.8 Å². The Morgan fingerprint density at radius 2 is 2.00 bits per heavy atom. The molecule has 0 radical (unpaired) electrons. The molecule has 3 rings (SSSR count). The Kier molecular flexibility index (Phi) is 7.94. The fourth-order valence-electron chi connectivity index (χ4n) is 3.39. The summed E-state index contributed by atoms with van der Waals surface area (Å²) in [7, 11) is 0. The maximum atomic E-state index is 12.4. The van der Waals surface area contributed by atoms with E-state index in [1.807, 2.05) is 30.3 Å². The highest BCUT2D eigenvalue weighted by molar-refractivity contribution is 6.30. The van der Waals surface area contributed by atoms with Crippen LogP contribution in [0.15, 0.2) is 36.5 Å². The quantitative estimate of drug-likeness (QED) is 0.776. The van der Waals surface area contributed by atoms with Crippen molar-refractivity contribution in [1.82, 2.24) is 15.1 Å². The maximum absolute atomic E-state index is 12.4. The number of rotatable bonds is 6. The van der Waals surface area contributed by atoms with Crippen LogP contribution < -0.4 is 10.6 Å². The molecule has 26 heavy (non-hydrogen) atoms. The molecule has 5 nitrogen and oxygen atoms in total. The first kappa shape index (κ1) is 20.7. The van der Waals surface area contributed by atoms with E-state index in [9.17, 15) is 4.79 Å². The second kappa shape index (κ2) is 9.95. The molecule has 1 saturated heterocycles. The van der Waals surface area contributed by atoms with Crippen molar-refractivity contribution in [3.8, 4) is 0 Å². The van der Waals surface area contributed by atoms with Crippen LogP contribution in [0.5, 0.6) is 0 Å². The monoisotopic (exact) mass is 396 g/mol. The van der Waals surface area contributed by atoms with Gasteiger partial charge < -0.3 is 10.6 Å². The molecular formula is C19H26Cl2N4O. The van der Waals surface area contributed by atoms with Crippen molar-refractivity contribution in [3.05, 3.63) is 47.1 Å². The third-order valence-electron chi connectivity index (χ3n) is 4.93. The van der Waals surface area contributed by atoms with Gasteiger partial charge in [0.1, 0.15) is 5.82 Å². The summed E-state index contributed by atoms with van der Waals surface area (Å²) >= 11 is 5.92. The van der Waals surface area contributed by atoms with Gasteiger partial charge in [-0.2, -0.15) is 5.10 Å². The van der Waals surface area contributed by atoms with Crippen molar-refractivity contribution in [2.24, 2.45) is 11.8 Å².